The Morgan fingerprint density at radius 3 is 2.58 bits per heavy atom. The summed E-state index contributed by atoms with van der Waals surface area (Å²) in [5, 5.41) is 19.2. The molecule has 1 heterocycles. The van der Waals surface area contributed by atoms with Crippen molar-refractivity contribution in [3.05, 3.63) is 60.2 Å². The minimum Gasteiger partial charge on any atom is -0.508 e. The van der Waals surface area contributed by atoms with Crippen LogP contribution in [0.4, 0.5) is 5.69 Å². The van der Waals surface area contributed by atoms with Crippen LogP contribution in [0.1, 0.15) is 36.5 Å². The fraction of sp³-hybridized carbons (Fsp3) is 0.417. The number of aliphatic imine (C=N–C) groups is 1. The number of carbonyl (C=O) groups excluding carboxylic acids is 1. The van der Waals surface area contributed by atoms with Crippen LogP contribution in [-0.2, 0) is 0 Å². The Morgan fingerprint density at radius 1 is 1.10 bits per heavy atom. The number of para-hydroxylation sites is 1. The topological polar surface area (TPSA) is 89.0 Å². The Kier molecular flexibility index (Phi) is 8.58. The predicted molar refractivity (Wildman–Crippen MR) is 126 cm³/mol. The number of guanidine groups is 1. The second kappa shape index (κ2) is 11.8. The molecule has 0 radical (unpaired) electrons. The molecular formula is C24H33N5O2. The Morgan fingerprint density at radius 2 is 1.87 bits per heavy atom. The van der Waals surface area contributed by atoms with Crippen LogP contribution in [0.3, 0.4) is 0 Å². The number of piperidine rings is 1. The molecule has 7 heteroatoms. The van der Waals surface area contributed by atoms with E-state index in [1.165, 1.54) is 11.8 Å². The normalized spacial score (nSPS) is 14.9. The second-order valence-corrected chi connectivity index (χ2v) is 7.66. The van der Waals surface area contributed by atoms with E-state index >= 15 is 0 Å². The van der Waals surface area contributed by atoms with Crippen molar-refractivity contribution in [3.63, 3.8) is 0 Å². The summed E-state index contributed by atoms with van der Waals surface area (Å²) in [6, 6.07) is 17.3. The van der Waals surface area contributed by atoms with Gasteiger partial charge in [-0.15, -0.1) is 0 Å². The first-order chi connectivity index (χ1) is 15.2. The molecule has 1 amide bonds. The lowest BCUT2D eigenvalue weighted by atomic mass is 10.0. The highest BCUT2D eigenvalue weighted by molar-refractivity contribution is 5.94. The van der Waals surface area contributed by atoms with Crippen LogP contribution in [0.2, 0.25) is 0 Å². The van der Waals surface area contributed by atoms with Crippen LogP contribution < -0.4 is 20.9 Å². The van der Waals surface area contributed by atoms with E-state index in [-0.39, 0.29) is 11.7 Å². The number of phenolic OH excluding ortho intramolecular Hbond substituents is 1. The molecule has 1 fully saturated rings. The number of nitrogens with one attached hydrogen (secondary N) is 3. The Labute approximate surface area is 184 Å². The standard InChI is InChI=1S/C24H33N5O2/c1-2-25-24(27-15-7-14-26-23(31)19-8-6-11-22(30)18-19)28-20-12-16-29(17-13-20)21-9-4-3-5-10-21/h3-6,8-11,18,20,30H,2,7,12-17H2,1H3,(H,26,31)(H2,25,27,28). The van der Waals surface area contributed by atoms with Gasteiger partial charge in [-0.25, -0.2) is 0 Å². The second-order valence-electron chi connectivity index (χ2n) is 7.66. The van der Waals surface area contributed by atoms with Gasteiger partial charge >= 0.3 is 0 Å². The van der Waals surface area contributed by atoms with Crippen LogP contribution in [0.5, 0.6) is 5.75 Å². The van der Waals surface area contributed by atoms with E-state index in [2.05, 4.69) is 63.1 Å². The van der Waals surface area contributed by atoms with Crippen molar-refractivity contribution in [2.45, 2.75) is 32.2 Å². The smallest absolute Gasteiger partial charge is 0.251 e. The van der Waals surface area contributed by atoms with Crippen molar-refractivity contribution >= 4 is 17.6 Å². The molecule has 3 rings (SSSR count). The van der Waals surface area contributed by atoms with Gasteiger partial charge in [-0.1, -0.05) is 24.3 Å². The van der Waals surface area contributed by atoms with Crippen molar-refractivity contribution in [1.82, 2.24) is 16.0 Å². The number of amides is 1. The van der Waals surface area contributed by atoms with Crippen molar-refractivity contribution in [2.24, 2.45) is 4.99 Å². The highest BCUT2D eigenvalue weighted by Gasteiger charge is 2.20. The van der Waals surface area contributed by atoms with Gasteiger partial charge in [0.05, 0.1) is 0 Å². The molecule has 4 N–H and O–H groups in total. The van der Waals surface area contributed by atoms with Gasteiger partial charge in [0, 0.05) is 50.0 Å². The highest BCUT2D eigenvalue weighted by Crippen LogP contribution is 2.19. The van der Waals surface area contributed by atoms with Crippen LogP contribution in [0, 0.1) is 0 Å². The minimum atomic E-state index is -0.185. The van der Waals surface area contributed by atoms with Gasteiger partial charge < -0.3 is 26.0 Å². The maximum atomic E-state index is 12.1. The summed E-state index contributed by atoms with van der Waals surface area (Å²) in [4.78, 5) is 19.2. The number of carbonyl (C=O) groups is 1. The van der Waals surface area contributed by atoms with Crippen LogP contribution in [0.25, 0.3) is 0 Å². The summed E-state index contributed by atoms with van der Waals surface area (Å²) >= 11 is 0. The van der Waals surface area contributed by atoms with Gasteiger partial charge in [0.25, 0.3) is 5.91 Å². The first kappa shape index (κ1) is 22.5. The molecule has 2 aromatic carbocycles. The first-order valence-electron chi connectivity index (χ1n) is 11.1. The number of phenols is 1. The highest BCUT2D eigenvalue weighted by atomic mass is 16.3. The Hall–Kier alpha value is -3.22. The van der Waals surface area contributed by atoms with E-state index < -0.39 is 0 Å². The summed E-state index contributed by atoms with van der Waals surface area (Å²) in [6.07, 6.45) is 2.88. The van der Waals surface area contributed by atoms with E-state index in [4.69, 9.17) is 0 Å². The molecule has 0 saturated carbocycles. The molecular weight excluding hydrogens is 390 g/mol. The quantitative estimate of drug-likeness (QED) is 0.298. The van der Waals surface area contributed by atoms with Crippen LogP contribution >= 0.6 is 0 Å². The van der Waals surface area contributed by atoms with Crippen molar-refractivity contribution in [3.8, 4) is 5.75 Å². The largest absolute Gasteiger partial charge is 0.508 e. The van der Waals surface area contributed by atoms with Gasteiger partial charge in [-0.2, -0.15) is 0 Å². The third-order valence-electron chi connectivity index (χ3n) is 5.30. The molecule has 7 nitrogen and oxygen atoms in total. The predicted octanol–water partition coefficient (Wildman–Crippen LogP) is 2.74. The van der Waals surface area contributed by atoms with Crippen molar-refractivity contribution in [2.75, 3.05) is 37.6 Å². The fourth-order valence-electron chi connectivity index (χ4n) is 3.66. The molecule has 0 spiro atoms. The fourth-order valence-corrected chi connectivity index (χ4v) is 3.66. The van der Waals surface area contributed by atoms with E-state index in [1.54, 1.807) is 18.2 Å². The number of benzene rings is 2. The van der Waals surface area contributed by atoms with Crippen LogP contribution in [0.15, 0.2) is 59.6 Å². The van der Waals surface area contributed by atoms with E-state index in [0.717, 1.165) is 44.9 Å². The van der Waals surface area contributed by atoms with E-state index in [0.29, 0.717) is 24.7 Å². The molecule has 2 aromatic rings. The first-order valence-corrected chi connectivity index (χ1v) is 11.1. The number of nitrogens with zero attached hydrogens (tertiary/aromatic N) is 2. The van der Waals surface area contributed by atoms with Crippen molar-refractivity contribution in [1.29, 1.82) is 0 Å². The van der Waals surface area contributed by atoms with Crippen LogP contribution in [-0.4, -0.2) is 55.7 Å². The summed E-state index contributed by atoms with van der Waals surface area (Å²) in [5.74, 6) is 0.739. The lowest BCUT2D eigenvalue weighted by molar-refractivity contribution is 0.0953. The Balaban J connectivity index is 1.39. The zero-order valence-electron chi connectivity index (χ0n) is 18.2. The molecule has 0 atom stereocenters. The molecule has 31 heavy (non-hydrogen) atoms. The van der Waals surface area contributed by atoms with Gasteiger partial charge in [-0.3, -0.25) is 9.79 Å². The molecule has 1 aliphatic heterocycles. The lowest BCUT2D eigenvalue weighted by Gasteiger charge is -2.34. The van der Waals surface area contributed by atoms with Gasteiger partial charge in [-0.05, 0) is 56.5 Å². The number of rotatable bonds is 8. The molecule has 0 aliphatic carbocycles. The summed E-state index contributed by atoms with van der Waals surface area (Å²) < 4.78 is 0. The molecule has 0 unspecified atom stereocenters. The van der Waals surface area contributed by atoms with E-state index in [1.807, 2.05) is 0 Å². The van der Waals surface area contributed by atoms with Gasteiger partial charge in [0.2, 0.25) is 0 Å². The van der Waals surface area contributed by atoms with Gasteiger partial charge in [0.15, 0.2) is 5.96 Å². The monoisotopic (exact) mass is 423 g/mol. The molecule has 0 aromatic heterocycles. The molecule has 1 aliphatic rings. The van der Waals surface area contributed by atoms with Gasteiger partial charge in [0.1, 0.15) is 5.75 Å². The molecule has 1 saturated heterocycles. The maximum Gasteiger partial charge on any atom is 0.251 e. The third-order valence-corrected chi connectivity index (χ3v) is 5.30. The number of anilines is 1. The number of hydrogen-bond acceptors (Lipinski definition) is 4. The zero-order valence-corrected chi connectivity index (χ0v) is 18.2. The summed E-state index contributed by atoms with van der Waals surface area (Å²) in [6.45, 7) is 6.09. The molecule has 166 valence electrons. The van der Waals surface area contributed by atoms with E-state index in [9.17, 15) is 9.90 Å². The maximum absolute atomic E-state index is 12.1. The number of hydrogen-bond donors (Lipinski definition) is 4. The average molecular weight is 424 g/mol. The Bertz CT molecular complexity index is 848. The number of aromatic hydroxyl groups is 1. The third kappa shape index (κ3) is 7.20. The molecule has 0 bridgehead atoms. The van der Waals surface area contributed by atoms with Crippen molar-refractivity contribution < 1.29 is 9.90 Å². The minimum absolute atomic E-state index is 0.0909. The lowest BCUT2D eigenvalue weighted by Crippen LogP contribution is -2.48. The summed E-state index contributed by atoms with van der Waals surface area (Å²) in [7, 11) is 0. The zero-order chi connectivity index (χ0) is 21.9. The average Bonchev–Trinajstić information content (AvgIpc) is 2.80. The summed E-state index contributed by atoms with van der Waals surface area (Å²) in [5.41, 5.74) is 1.75. The SMILES string of the molecule is CCNC(=NCCCNC(=O)c1cccc(O)c1)NC1CCN(c2ccccc2)CC1.